The van der Waals surface area contributed by atoms with Crippen LogP contribution in [-0.4, -0.2) is 13.1 Å². The van der Waals surface area contributed by atoms with Crippen LogP contribution >= 0.6 is 0 Å². The number of esters is 1. The predicted molar refractivity (Wildman–Crippen MR) is 84.4 cm³/mol. The highest BCUT2D eigenvalue weighted by molar-refractivity contribution is 5.91. The molecule has 0 spiro atoms. The van der Waals surface area contributed by atoms with Gasteiger partial charge >= 0.3 is 5.97 Å². The Morgan fingerprint density at radius 2 is 1.67 bits per heavy atom. The quantitative estimate of drug-likeness (QED) is 0.485. The molecule has 0 radical (unpaired) electrons. The third-order valence-electron chi connectivity index (χ3n) is 2.92. The summed E-state index contributed by atoms with van der Waals surface area (Å²) in [4.78, 5) is 11.5. The highest BCUT2D eigenvalue weighted by Crippen LogP contribution is 2.17. The lowest BCUT2D eigenvalue weighted by Crippen LogP contribution is -1.97. The first-order valence-electron chi connectivity index (χ1n) is 6.67. The maximum Gasteiger partial charge on any atom is 0.330 e. The van der Waals surface area contributed by atoms with Gasteiger partial charge in [-0.25, -0.2) is 4.79 Å². The normalized spacial score (nSPS) is 10.4. The zero-order valence-corrected chi connectivity index (χ0v) is 11.9. The van der Waals surface area contributed by atoms with Crippen LogP contribution < -0.4 is 0 Å². The molecule has 0 N–H and O–H groups in total. The topological polar surface area (TPSA) is 26.3 Å². The Morgan fingerprint density at radius 1 is 1.05 bits per heavy atom. The van der Waals surface area contributed by atoms with Crippen molar-refractivity contribution in [1.29, 1.82) is 0 Å². The van der Waals surface area contributed by atoms with Crippen LogP contribution in [0.3, 0.4) is 0 Å². The highest BCUT2D eigenvalue weighted by atomic mass is 16.5. The number of carbonyl (C=O) groups is 1. The van der Waals surface area contributed by atoms with Gasteiger partial charge < -0.3 is 4.74 Å². The molecule has 0 amide bonds. The third kappa shape index (κ3) is 4.67. The SMILES string of the molecule is COC(=O)/C=C(/CC#Cc1ccccc1)c1ccccc1. The van der Waals surface area contributed by atoms with Gasteiger partial charge in [0.2, 0.25) is 0 Å². The van der Waals surface area contributed by atoms with Gasteiger partial charge in [-0.05, 0) is 23.3 Å². The summed E-state index contributed by atoms with van der Waals surface area (Å²) in [5.41, 5.74) is 2.79. The van der Waals surface area contributed by atoms with E-state index >= 15 is 0 Å². The van der Waals surface area contributed by atoms with E-state index in [1.54, 1.807) is 0 Å². The Kier molecular flexibility index (Phi) is 5.37. The summed E-state index contributed by atoms with van der Waals surface area (Å²) in [5, 5.41) is 0. The number of allylic oxidation sites excluding steroid dienone is 1. The summed E-state index contributed by atoms with van der Waals surface area (Å²) in [5.74, 6) is 5.83. The Labute approximate surface area is 125 Å². The van der Waals surface area contributed by atoms with Crippen molar-refractivity contribution in [3.8, 4) is 11.8 Å². The summed E-state index contributed by atoms with van der Waals surface area (Å²) in [7, 11) is 1.37. The van der Waals surface area contributed by atoms with Crippen molar-refractivity contribution in [2.24, 2.45) is 0 Å². The maximum absolute atomic E-state index is 11.5. The molecule has 0 heterocycles. The molecule has 0 atom stereocenters. The van der Waals surface area contributed by atoms with Gasteiger partial charge in [0.1, 0.15) is 0 Å². The second kappa shape index (κ2) is 7.72. The summed E-state index contributed by atoms with van der Waals surface area (Å²) in [6.45, 7) is 0. The second-order valence-corrected chi connectivity index (χ2v) is 4.40. The molecule has 2 aromatic rings. The van der Waals surface area contributed by atoms with Crippen molar-refractivity contribution >= 4 is 11.5 Å². The average Bonchev–Trinajstić information content (AvgIpc) is 2.55. The molecule has 2 aromatic carbocycles. The maximum atomic E-state index is 11.5. The van der Waals surface area contributed by atoms with Crippen molar-refractivity contribution in [3.05, 3.63) is 77.9 Å². The van der Waals surface area contributed by atoms with E-state index in [2.05, 4.69) is 11.8 Å². The zero-order chi connectivity index (χ0) is 14.9. The van der Waals surface area contributed by atoms with Gasteiger partial charge in [0.05, 0.1) is 7.11 Å². The van der Waals surface area contributed by atoms with Crippen LogP contribution in [0.15, 0.2) is 66.7 Å². The van der Waals surface area contributed by atoms with Crippen LogP contribution in [0.1, 0.15) is 17.5 Å². The van der Waals surface area contributed by atoms with Crippen LogP contribution in [0, 0.1) is 11.8 Å². The Hall–Kier alpha value is -2.79. The fourth-order valence-electron chi connectivity index (χ4n) is 1.85. The molecule has 0 aromatic heterocycles. The van der Waals surface area contributed by atoms with Crippen LogP contribution in [0.25, 0.3) is 5.57 Å². The monoisotopic (exact) mass is 276 g/mol. The summed E-state index contributed by atoms with van der Waals surface area (Å²) in [6, 6.07) is 19.5. The Balaban J connectivity index is 2.20. The fraction of sp³-hybridized carbons (Fsp3) is 0.105. The van der Waals surface area contributed by atoms with Gasteiger partial charge in [-0.1, -0.05) is 60.4 Å². The molecule has 0 aliphatic rings. The Bertz CT molecular complexity index is 674. The predicted octanol–water partition coefficient (Wildman–Crippen LogP) is 3.68. The largest absolute Gasteiger partial charge is 0.466 e. The van der Waals surface area contributed by atoms with Crippen molar-refractivity contribution in [2.45, 2.75) is 6.42 Å². The second-order valence-electron chi connectivity index (χ2n) is 4.40. The summed E-state index contributed by atoms with van der Waals surface area (Å²) in [6.07, 6.45) is 1.99. The van der Waals surface area contributed by atoms with E-state index in [1.807, 2.05) is 60.7 Å². The molecule has 104 valence electrons. The zero-order valence-electron chi connectivity index (χ0n) is 11.9. The molecule has 0 saturated heterocycles. The van der Waals surface area contributed by atoms with Crippen LogP contribution in [0.2, 0.25) is 0 Å². The molecule has 0 fully saturated rings. The molecule has 0 saturated carbocycles. The van der Waals surface area contributed by atoms with Gasteiger partial charge in [0, 0.05) is 18.1 Å². The first kappa shape index (κ1) is 14.6. The van der Waals surface area contributed by atoms with E-state index in [9.17, 15) is 4.79 Å². The molecule has 0 aliphatic carbocycles. The average molecular weight is 276 g/mol. The molecule has 21 heavy (non-hydrogen) atoms. The minimum absolute atomic E-state index is 0.365. The van der Waals surface area contributed by atoms with Gasteiger partial charge in [-0.2, -0.15) is 0 Å². The molecular weight excluding hydrogens is 260 g/mol. The first-order valence-corrected chi connectivity index (χ1v) is 6.67. The summed E-state index contributed by atoms with van der Waals surface area (Å²) < 4.78 is 4.70. The Morgan fingerprint density at radius 3 is 2.29 bits per heavy atom. The molecule has 0 aliphatic heterocycles. The van der Waals surface area contributed by atoms with Gasteiger partial charge in [0.15, 0.2) is 0 Å². The molecule has 2 rings (SSSR count). The third-order valence-corrected chi connectivity index (χ3v) is 2.92. The van der Waals surface area contributed by atoms with E-state index in [1.165, 1.54) is 13.2 Å². The lowest BCUT2D eigenvalue weighted by molar-refractivity contribution is -0.134. The van der Waals surface area contributed by atoms with Crippen molar-refractivity contribution in [1.82, 2.24) is 0 Å². The number of carbonyl (C=O) groups excluding carboxylic acids is 1. The number of benzene rings is 2. The smallest absolute Gasteiger partial charge is 0.330 e. The molecule has 2 heteroatoms. The number of hydrogen-bond donors (Lipinski definition) is 0. The minimum atomic E-state index is -0.365. The van der Waals surface area contributed by atoms with Crippen LogP contribution in [0.5, 0.6) is 0 Å². The first-order chi connectivity index (χ1) is 10.3. The lowest BCUT2D eigenvalue weighted by Gasteiger charge is -2.03. The number of rotatable bonds is 3. The molecule has 0 bridgehead atoms. The summed E-state index contributed by atoms with van der Waals surface area (Å²) >= 11 is 0. The highest BCUT2D eigenvalue weighted by Gasteiger charge is 2.03. The standard InChI is InChI=1S/C19H16O2/c1-21-19(20)15-18(17-12-6-3-7-13-17)14-8-11-16-9-4-2-5-10-16/h2-7,9-10,12-13,15H,14H2,1H3/b18-15-. The van der Waals surface area contributed by atoms with Gasteiger partial charge in [-0.3, -0.25) is 0 Å². The fourth-order valence-corrected chi connectivity index (χ4v) is 1.85. The minimum Gasteiger partial charge on any atom is -0.466 e. The molecule has 2 nitrogen and oxygen atoms in total. The van der Waals surface area contributed by atoms with Crippen molar-refractivity contribution < 1.29 is 9.53 Å². The number of ether oxygens (including phenoxy) is 1. The van der Waals surface area contributed by atoms with E-state index in [0.29, 0.717) is 6.42 Å². The van der Waals surface area contributed by atoms with Crippen molar-refractivity contribution in [2.75, 3.05) is 7.11 Å². The van der Waals surface area contributed by atoms with E-state index < -0.39 is 0 Å². The molecular formula is C19H16O2. The van der Waals surface area contributed by atoms with E-state index in [-0.39, 0.29) is 5.97 Å². The number of methoxy groups -OCH3 is 1. The van der Waals surface area contributed by atoms with E-state index in [4.69, 9.17) is 4.74 Å². The van der Waals surface area contributed by atoms with Gasteiger partial charge in [0.25, 0.3) is 0 Å². The van der Waals surface area contributed by atoms with Crippen molar-refractivity contribution in [3.63, 3.8) is 0 Å². The van der Waals surface area contributed by atoms with Crippen LogP contribution in [0.4, 0.5) is 0 Å². The molecule has 0 unspecified atom stereocenters. The lowest BCUT2D eigenvalue weighted by atomic mass is 10.0. The van der Waals surface area contributed by atoms with Crippen LogP contribution in [-0.2, 0) is 9.53 Å². The van der Waals surface area contributed by atoms with Gasteiger partial charge in [-0.15, -0.1) is 0 Å². The van der Waals surface area contributed by atoms with E-state index in [0.717, 1.165) is 16.7 Å². The number of hydrogen-bond acceptors (Lipinski definition) is 2.